The average molecular weight is 279 g/mol. The third kappa shape index (κ3) is 2.04. The lowest BCUT2D eigenvalue weighted by Crippen LogP contribution is -1.84. The van der Waals surface area contributed by atoms with E-state index in [-0.39, 0.29) is 0 Å². The van der Waals surface area contributed by atoms with Gasteiger partial charge in [-0.05, 0) is 12.1 Å². The van der Waals surface area contributed by atoms with Gasteiger partial charge in [0.05, 0.1) is 6.21 Å². The Morgan fingerprint density at radius 1 is 1.27 bits per heavy atom. The van der Waals surface area contributed by atoms with Gasteiger partial charge in [-0.3, -0.25) is 0 Å². The number of oxime groups is 1. The van der Waals surface area contributed by atoms with Crippen LogP contribution in [-0.2, 0) is 0 Å². The van der Waals surface area contributed by atoms with E-state index in [1.165, 1.54) is 6.21 Å². The van der Waals surface area contributed by atoms with E-state index >= 15 is 0 Å². The van der Waals surface area contributed by atoms with Gasteiger partial charge in [-0.25, -0.2) is 0 Å². The normalized spacial score (nSPS) is 10.7. The highest BCUT2D eigenvalue weighted by atomic mass is 79.9. The molecule has 0 atom stereocenters. The smallest absolute Gasteiger partial charge is 0.0756 e. The molecule has 0 saturated heterocycles. The predicted molar refractivity (Wildman–Crippen MR) is 51.2 cm³/mol. The van der Waals surface area contributed by atoms with E-state index in [0.717, 1.165) is 14.5 Å². The zero-order chi connectivity index (χ0) is 8.27. The SMILES string of the molecule is O/N=C/c1c(Br)cccc1Br. The molecule has 11 heavy (non-hydrogen) atoms. The van der Waals surface area contributed by atoms with Crippen molar-refractivity contribution < 1.29 is 5.21 Å². The quantitative estimate of drug-likeness (QED) is 0.478. The molecule has 58 valence electrons. The van der Waals surface area contributed by atoms with Crippen molar-refractivity contribution in [3.8, 4) is 0 Å². The first kappa shape index (κ1) is 8.74. The number of rotatable bonds is 1. The largest absolute Gasteiger partial charge is 0.411 e. The maximum atomic E-state index is 8.30. The van der Waals surface area contributed by atoms with Crippen molar-refractivity contribution in [1.82, 2.24) is 0 Å². The Kier molecular flexibility index (Phi) is 3.08. The molecule has 4 heteroatoms. The van der Waals surface area contributed by atoms with Crippen molar-refractivity contribution >= 4 is 38.1 Å². The molecule has 0 aliphatic carbocycles. The van der Waals surface area contributed by atoms with Crippen LogP contribution in [-0.4, -0.2) is 11.4 Å². The van der Waals surface area contributed by atoms with Crippen molar-refractivity contribution in [3.05, 3.63) is 32.7 Å². The maximum absolute atomic E-state index is 8.30. The van der Waals surface area contributed by atoms with Crippen LogP contribution in [0.2, 0.25) is 0 Å². The van der Waals surface area contributed by atoms with Gasteiger partial charge >= 0.3 is 0 Å². The molecule has 0 saturated carbocycles. The molecule has 0 unspecified atom stereocenters. The van der Waals surface area contributed by atoms with Crippen molar-refractivity contribution in [1.29, 1.82) is 0 Å². The lowest BCUT2D eigenvalue weighted by molar-refractivity contribution is 0.322. The van der Waals surface area contributed by atoms with E-state index in [9.17, 15) is 0 Å². The standard InChI is InChI=1S/C7H5Br2NO/c8-6-2-1-3-7(9)5(6)4-10-11/h1-4,11H/b10-4+. The zero-order valence-electron chi connectivity index (χ0n) is 5.46. The summed E-state index contributed by atoms with van der Waals surface area (Å²) in [4.78, 5) is 0. The molecule has 0 bridgehead atoms. The van der Waals surface area contributed by atoms with Gasteiger partial charge in [0.15, 0.2) is 0 Å². The van der Waals surface area contributed by atoms with E-state index in [0.29, 0.717) is 0 Å². The van der Waals surface area contributed by atoms with Crippen LogP contribution in [0.1, 0.15) is 5.56 Å². The van der Waals surface area contributed by atoms with Gasteiger partial charge in [-0.1, -0.05) is 43.1 Å². The summed E-state index contributed by atoms with van der Waals surface area (Å²) in [5, 5.41) is 11.2. The molecule has 0 spiro atoms. The predicted octanol–water partition coefficient (Wildman–Crippen LogP) is 3.02. The first-order chi connectivity index (χ1) is 5.25. The zero-order valence-corrected chi connectivity index (χ0v) is 8.63. The fraction of sp³-hybridized carbons (Fsp3) is 0. The number of hydrogen-bond acceptors (Lipinski definition) is 2. The highest BCUT2D eigenvalue weighted by Gasteiger charge is 2.00. The van der Waals surface area contributed by atoms with Crippen molar-refractivity contribution in [2.45, 2.75) is 0 Å². The minimum atomic E-state index is 0.829. The molecule has 0 radical (unpaired) electrons. The summed E-state index contributed by atoms with van der Waals surface area (Å²) in [7, 11) is 0. The monoisotopic (exact) mass is 277 g/mol. The van der Waals surface area contributed by atoms with Crippen molar-refractivity contribution in [3.63, 3.8) is 0 Å². The van der Waals surface area contributed by atoms with Crippen molar-refractivity contribution in [2.75, 3.05) is 0 Å². The van der Waals surface area contributed by atoms with Gasteiger partial charge in [-0.15, -0.1) is 0 Å². The molecule has 1 aromatic carbocycles. The second-order valence-corrected chi connectivity index (χ2v) is 3.59. The summed E-state index contributed by atoms with van der Waals surface area (Å²) < 4.78 is 1.79. The minimum absolute atomic E-state index is 0.829. The molecule has 2 nitrogen and oxygen atoms in total. The summed E-state index contributed by atoms with van der Waals surface area (Å²) >= 11 is 6.63. The first-order valence-corrected chi connectivity index (χ1v) is 4.45. The van der Waals surface area contributed by atoms with Crippen molar-refractivity contribution in [2.24, 2.45) is 5.16 Å². The van der Waals surface area contributed by atoms with Crippen LogP contribution in [0.15, 0.2) is 32.3 Å². The van der Waals surface area contributed by atoms with Gasteiger partial charge < -0.3 is 5.21 Å². The molecule has 0 heterocycles. The Hall–Kier alpha value is -0.350. The molecule has 0 aliphatic rings. The van der Waals surface area contributed by atoms with Crippen LogP contribution in [0.5, 0.6) is 0 Å². The summed E-state index contributed by atoms with van der Waals surface area (Å²) in [6, 6.07) is 5.65. The average Bonchev–Trinajstić information content (AvgIpc) is 1.97. The second kappa shape index (κ2) is 3.88. The Morgan fingerprint density at radius 2 is 1.82 bits per heavy atom. The number of nitrogens with zero attached hydrogens (tertiary/aromatic N) is 1. The third-order valence-corrected chi connectivity index (χ3v) is 2.57. The Labute approximate surface area is 81.2 Å². The van der Waals surface area contributed by atoms with Crippen LogP contribution >= 0.6 is 31.9 Å². The van der Waals surface area contributed by atoms with Gasteiger partial charge in [0.1, 0.15) is 0 Å². The molecule has 0 amide bonds. The lowest BCUT2D eigenvalue weighted by atomic mass is 10.2. The number of benzene rings is 1. The fourth-order valence-electron chi connectivity index (χ4n) is 0.692. The highest BCUT2D eigenvalue weighted by molar-refractivity contribution is 9.11. The molecule has 1 N–H and O–H groups in total. The Morgan fingerprint density at radius 3 is 2.27 bits per heavy atom. The summed E-state index contributed by atoms with van der Waals surface area (Å²) in [5.41, 5.74) is 0.829. The number of hydrogen-bond donors (Lipinski definition) is 1. The molecule has 1 aromatic rings. The van der Waals surface area contributed by atoms with Gasteiger partial charge in [0.25, 0.3) is 0 Å². The molecular formula is C7H5Br2NO. The topological polar surface area (TPSA) is 32.6 Å². The minimum Gasteiger partial charge on any atom is -0.411 e. The summed E-state index contributed by atoms with van der Waals surface area (Å²) in [6.45, 7) is 0. The van der Waals surface area contributed by atoms with E-state index in [2.05, 4.69) is 37.0 Å². The molecule has 0 aliphatic heterocycles. The molecule has 0 fully saturated rings. The van der Waals surface area contributed by atoms with Crippen LogP contribution in [0, 0.1) is 0 Å². The number of halogens is 2. The molecule has 0 aromatic heterocycles. The Balaban J connectivity index is 3.20. The Bertz CT molecular complexity index is 266. The molecular weight excluding hydrogens is 274 g/mol. The van der Waals surface area contributed by atoms with E-state index in [1.807, 2.05) is 18.2 Å². The van der Waals surface area contributed by atoms with Crippen LogP contribution in [0.25, 0.3) is 0 Å². The summed E-state index contributed by atoms with van der Waals surface area (Å²) in [6.07, 6.45) is 1.37. The van der Waals surface area contributed by atoms with Gasteiger partial charge in [-0.2, -0.15) is 0 Å². The third-order valence-electron chi connectivity index (χ3n) is 1.19. The van der Waals surface area contributed by atoms with Gasteiger partial charge in [0, 0.05) is 14.5 Å². The van der Waals surface area contributed by atoms with Crippen LogP contribution in [0.4, 0.5) is 0 Å². The van der Waals surface area contributed by atoms with E-state index < -0.39 is 0 Å². The van der Waals surface area contributed by atoms with E-state index in [4.69, 9.17) is 5.21 Å². The lowest BCUT2D eigenvalue weighted by Gasteiger charge is -1.98. The second-order valence-electron chi connectivity index (χ2n) is 1.88. The molecule has 1 rings (SSSR count). The summed E-state index contributed by atoms with van der Waals surface area (Å²) in [5.74, 6) is 0. The van der Waals surface area contributed by atoms with Gasteiger partial charge in [0.2, 0.25) is 0 Å². The van der Waals surface area contributed by atoms with Crippen LogP contribution < -0.4 is 0 Å². The fourth-order valence-corrected chi connectivity index (χ4v) is 1.89. The van der Waals surface area contributed by atoms with Crippen LogP contribution in [0.3, 0.4) is 0 Å². The first-order valence-electron chi connectivity index (χ1n) is 2.87. The maximum Gasteiger partial charge on any atom is 0.0756 e. The van der Waals surface area contributed by atoms with E-state index in [1.54, 1.807) is 0 Å². The highest BCUT2D eigenvalue weighted by Crippen LogP contribution is 2.22.